The Balaban J connectivity index is 1.98. The summed E-state index contributed by atoms with van der Waals surface area (Å²) >= 11 is 12.2. The van der Waals surface area contributed by atoms with Crippen LogP contribution in [0.5, 0.6) is 0 Å². The second kappa shape index (κ2) is 7.30. The van der Waals surface area contributed by atoms with Crippen molar-refractivity contribution < 1.29 is 4.79 Å². The molecule has 1 saturated heterocycles. The van der Waals surface area contributed by atoms with Crippen LogP contribution in [0.4, 0.5) is 0 Å². The predicted molar refractivity (Wildman–Crippen MR) is 83.6 cm³/mol. The lowest BCUT2D eigenvalue weighted by atomic mass is 9.96. The van der Waals surface area contributed by atoms with Crippen molar-refractivity contribution in [1.29, 1.82) is 0 Å². The number of hydrogen-bond acceptors (Lipinski definition) is 2. The van der Waals surface area contributed by atoms with Crippen LogP contribution in [0.1, 0.15) is 30.1 Å². The number of nitrogens with zero attached hydrogens (tertiary/aromatic N) is 1. The van der Waals surface area contributed by atoms with Crippen LogP contribution in [-0.4, -0.2) is 37.0 Å². The smallest absolute Gasteiger partial charge is 0.256 e. The molecule has 0 saturated carbocycles. The van der Waals surface area contributed by atoms with Crippen molar-refractivity contribution in [2.24, 2.45) is 5.92 Å². The Bertz CT molecular complexity index is 451. The monoisotopic (exact) mass is 314 g/mol. The molecule has 20 heavy (non-hydrogen) atoms. The molecule has 0 bridgehead atoms. The average Bonchev–Trinajstić information content (AvgIpc) is 2.45. The highest BCUT2D eigenvalue weighted by atomic mass is 35.5. The molecule has 1 aromatic rings. The van der Waals surface area contributed by atoms with Crippen LogP contribution >= 0.6 is 23.2 Å². The van der Waals surface area contributed by atoms with Crippen LogP contribution in [0.25, 0.3) is 0 Å². The number of rotatable bonds is 4. The van der Waals surface area contributed by atoms with E-state index < -0.39 is 0 Å². The van der Waals surface area contributed by atoms with Gasteiger partial charge in [-0.15, -0.1) is 0 Å². The fourth-order valence-electron chi connectivity index (χ4n) is 2.55. The summed E-state index contributed by atoms with van der Waals surface area (Å²) in [5.41, 5.74) is 0.431. The molecule has 0 spiro atoms. The summed E-state index contributed by atoms with van der Waals surface area (Å²) in [4.78, 5) is 14.4. The molecule has 110 valence electrons. The highest BCUT2D eigenvalue weighted by molar-refractivity contribution is 6.39. The minimum Gasteiger partial charge on any atom is -0.339 e. The first-order valence-corrected chi connectivity index (χ1v) is 7.83. The van der Waals surface area contributed by atoms with Gasteiger partial charge >= 0.3 is 0 Å². The normalized spacial score (nSPS) is 16.4. The summed E-state index contributed by atoms with van der Waals surface area (Å²) in [5, 5.41) is 4.22. The minimum absolute atomic E-state index is 0.0532. The lowest BCUT2D eigenvalue weighted by molar-refractivity contribution is 0.0690. The van der Waals surface area contributed by atoms with Crippen LogP contribution in [0.15, 0.2) is 18.2 Å². The average molecular weight is 315 g/mol. The van der Waals surface area contributed by atoms with Crippen molar-refractivity contribution >= 4 is 29.1 Å². The molecule has 1 amide bonds. The van der Waals surface area contributed by atoms with E-state index >= 15 is 0 Å². The molecule has 0 aromatic heterocycles. The molecule has 1 aliphatic rings. The van der Waals surface area contributed by atoms with Gasteiger partial charge in [0.15, 0.2) is 0 Å². The van der Waals surface area contributed by atoms with E-state index in [-0.39, 0.29) is 5.91 Å². The number of halogens is 2. The second-order valence-electron chi connectivity index (χ2n) is 5.14. The fraction of sp³-hybridized carbons (Fsp3) is 0.533. The van der Waals surface area contributed by atoms with E-state index in [0.29, 0.717) is 21.5 Å². The summed E-state index contributed by atoms with van der Waals surface area (Å²) in [5.74, 6) is 0.600. The molecule has 0 atom stereocenters. The third-order valence-corrected chi connectivity index (χ3v) is 4.39. The van der Waals surface area contributed by atoms with E-state index in [4.69, 9.17) is 23.2 Å². The number of nitrogens with one attached hydrogen (secondary N) is 1. The van der Waals surface area contributed by atoms with Gasteiger partial charge in [-0.3, -0.25) is 4.79 Å². The molecule has 1 aliphatic heterocycles. The predicted octanol–water partition coefficient (Wildman–Crippen LogP) is 3.46. The van der Waals surface area contributed by atoms with Gasteiger partial charge in [-0.2, -0.15) is 0 Å². The van der Waals surface area contributed by atoms with Crippen LogP contribution in [0.3, 0.4) is 0 Å². The van der Waals surface area contributed by atoms with Crippen molar-refractivity contribution in [3.8, 4) is 0 Å². The maximum absolute atomic E-state index is 12.5. The number of carbonyl (C=O) groups is 1. The first-order chi connectivity index (χ1) is 9.63. The summed E-state index contributed by atoms with van der Waals surface area (Å²) < 4.78 is 0. The van der Waals surface area contributed by atoms with E-state index in [1.165, 1.54) is 0 Å². The Morgan fingerprint density at radius 2 is 1.90 bits per heavy atom. The number of piperidine rings is 1. The van der Waals surface area contributed by atoms with Crippen molar-refractivity contribution in [3.63, 3.8) is 0 Å². The molecule has 3 nitrogen and oxygen atoms in total. The lowest BCUT2D eigenvalue weighted by Gasteiger charge is -2.32. The molecule has 2 rings (SSSR count). The second-order valence-corrected chi connectivity index (χ2v) is 5.95. The zero-order valence-corrected chi connectivity index (χ0v) is 13.2. The van der Waals surface area contributed by atoms with Crippen LogP contribution < -0.4 is 5.32 Å². The third kappa shape index (κ3) is 3.66. The van der Waals surface area contributed by atoms with Gasteiger partial charge in [0.1, 0.15) is 0 Å². The fourth-order valence-corrected chi connectivity index (χ4v) is 3.11. The lowest BCUT2D eigenvalue weighted by Crippen LogP contribution is -2.41. The standard InChI is InChI=1S/C15H20Cl2N2O/c1-2-18-10-11-6-8-19(9-7-11)15(20)14-12(16)4-3-5-13(14)17/h3-5,11,18H,2,6-10H2,1H3. The van der Waals surface area contributed by atoms with Crippen LogP contribution in [0, 0.1) is 5.92 Å². The van der Waals surface area contributed by atoms with Crippen molar-refractivity contribution in [2.75, 3.05) is 26.2 Å². The molecular formula is C15H20Cl2N2O. The molecule has 5 heteroatoms. The number of likely N-dealkylation sites (tertiary alicyclic amines) is 1. The summed E-state index contributed by atoms with van der Waals surface area (Å²) in [6.07, 6.45) is 2.06. The Kier molecular flexibility index (Phi) is 5.70. The number of benzene rings is 1. The zero-order valence-electron chi connectivity index (χ0n) is 11.7. The molecule has 1 heterocycles. The molecule has 1 fully saturated rings. The Hall–Kier alpha value is -0.770. The number of carbonyl (C=O) groups excluding carboxylic acids is 1. The van der Waals surface area contributed by atoms with Crippen LogP contribution in [-0.2, 0) is 0 Å². The highest BCUT2D eigenvalue weighted by Crippen LogP contribution is 2.27. The molecule has 1 aromatic carbocycles. The van der Waals surface area contributed by atoms with Crippen molar-refractivity contribution in [3.05, 3.63) is 33.8 Å². The van der Waals surface area contributed by atoms with E-state index in [1.807, 2.05) is 4.90 Å². The van der Waals surface area contributed by atoms with Gasteiger partial charge in [0, 0.05) is 13.1 Å². The first-order valence-electron chi connectivity index (χ1n) is 7.07. The van der Waals surface area contributed by atoms with Gasteiger partial charge in [-0.05, 0) is 44.0 Å². The third-order valence-electron chi connectivity index (χ3n) is 3.76. The molecule has 0 aliphatic carbocycles. The van der Waals surface area contributed by atoms with Crippen molar-refractivity contribution in [2.45, 2.75) is 19.8 Å². The maximum atomic E-state index is 12.5. The van der Waals surface area contributed by atoms with Gasteiger partial charge < -0.3 is 10.2 Å². The minimum atomic E-state index is -0.0532. The van der Waals surface area contributed by atoms with Gasteiger partial charge in [-0.1, -0.05) is 36.2 Å². The van der Waals surface area contributed by atoms with Gasteiger partial charge in [-0.25, -0.2) is 0 Å². The topological polar surface area (TPSA) is 32.3 Å². The quantitative estimate of drug-likeness (QED) is 0.923. The Morgan fingerprint density at radius 3 is 2.45 bits per heavy atom. The molecule has 0 unspecified atom stereocenters. The van der Waals surface area contributed by atoms with Crippen molar-refractivity contribution in [1.82, 2.24) is 10.2 Å². The highest BCUT2D eigenvalue weighted by Gasteiger charge is 2.25. The maximum Gasteiger partial charge on any atom is 0.256 e. The van der Waals surface area contributed by atoms with E-state index in [1.54, 1.807) is 18.2 Å². The molecule has 0 radical (unpaired) electrons. The molecule has 1 N–H and O–H groups in total. The van der Waals surface area contributed by atoms with Gasteiger partial charge in [0.25, 0.3) is 5.91 Å². The summed E-state index contributed by atoms with van der Waals surface area (Å²) in [7, 11) is 0. The van der Waals surface area contributed by atoms with Gasteiger partial charge in [0.05, 0.1) is 15.6 Å². The number of hydrogen-bond donors (Lipinski definition) is 1. The SMILES string of the molecule is CCNCC1CCN(C(=O)c2c(Cl)cccc2Cl)CC1. The Morgan fingerprint density at radius 1 is 1.30 bits per heavy atom. The van der Waals surface area contributed by atoms with Gasteiger partial charge in [0.2, 0.25) is 0 Å². The largest absolute Gasteiger partial charge is 0.339 e. The van der Waals surface area contributed by atoms with E-state index in [2.05, 4.69) is 12.2 Å². The summed E-state index contributed by atoms with van der Waals surface area (Å²) in [6, 6.07) is 5.17. The molecular weight excluding hydrogens is 295 g/mol. The zero-order chi connectivity index (χ0) is 14.5. The van der Waals surface area contributed by atoms with Crippen LogP contribution in [0.2, 0.25) is 10.0 Å². The summed E-state index contributed by atoms with van der Waals surface area (Å²) in [6.45, 7) is 5.69. The number of amides is 1. The Labute approximate surface area is 130 Å². The van der Waals surface area contributed by atoms with E-state index in [0.717, 1.165) is 39.0 Å². The van der Waals surface area contributed by atoms with E-state index in [9.17, 15) is 4.79 Å². The first kappa shape index (κ1) is 15.6.